The summed E-state index contributed by atoms with van der Waals surface area (Å²) in [7, 11) is 0. The van der Waals surface area contributed by atoms with Crippen molar-refractivity contribution in [3.63, 3.8) is 0 Å². The van der Waals surface area contributed by atoms with Crippen LogP contribution in [0.1, 0.15) is 37.7 Å². The number of carbonyl (C=O) groups excluding carboxylic acids is 1. The fourth-order valence-corrected chi connectivity index (χ4v) is 2.16. The van der Waals surface area contributed by atoms with Crippen molar-refractivity contribution >= 4 is 18.0 Å². The molecule has 0 atom stereocenters. The van der Waals surface area contributed by atoms with E-state index in [0.29, 0.717) is 6.42 Å². The Kier molecular flexibility index (Phi) is 13.2. The van der Waals surface area contributed by atoms with Gasteiger partial charge < -0.3 is 11.5 Å². The number of hydrogen-bond donors (Lipinski definition) is 2. The molecular weight excluding hydrogens is 310 g/mol. The number of hydrogen-bond acceptors (Lipinski definition) is 3. The molecule has 0 fully saturated rings. The Morgan fingerprint density at radius 1 is 1.26 bits per heavy atom. The third-order valence-corrected chi connectivity index (χ3v) is 3.46. The minimum absolute atomic E-state index is 0.250. The predicted molar refractivity (Wildman–Crippen MR) is 95.5 cm³/mol. The van der Waals surface area contributed by atoms with Crippen molar-refractivity contribution in [2.75, 3.05) is 0 Å². The van der Waals surface area contributed by atoms with Crippen LogP contribution >= 0.6 is 11.6 Å². The van der Waals surface area contributed by atoms with Crippen molar-refractivity contribution in [2.24, 2.45) is 11.5 Å². The van der Waals surface area contributed by atoms with Crippen LogP contribution < -0.4 is 11.5 Å². The molecule has 0 saturated carbocycles. The van der Waals surface area contributed by atoms with Crippen LogP contribution in [0.4, 0.5) is 0 Å². The van der Waals surface area contributed by atoms with Crippen LogP contribution in [-0.2, 0) is 11.2 Å². The zero-order valence-electron chi connectivity index (χ0n) is 13.2. The second kappa shape index (κ2) is 14.7. The van der Waals surface area contributed by atoms with E-state index >= 15 is 0 Å². The maximum atomic E-state index is 8.58. The van der Waals surface area contributed by atoms with E-state index in [4.69, 9.17) is 27.4 Å². The monoisotopic (exact) mass is 333 g/mol. The maximum absolute atomic E-state index is 8.58. The number of amides is 1. The van der Waals surface area contributed by atoms with Gasteiger partial charge in [0.1, 0.15) is 0 Å². The minimum Gasteiger partial charge on any atom is -0.404 e. The van der Waals surface area contributed by atoms with Gasteiger partial charge >= 0.3 is 0 Å². The molecule has 0 spiro atoms. The minimum atomic E-state index is 0.250. The Hall–Kier alpha value is -2.25. The van der Waals surface area contributed by atoms with Crippen molar-refractivity contribution in [1.29, 1.82) is 5.26 Å². The second-order valence-corrected chi connectivity index (χ2v) is 5.18. The molecule has 0 unspecified atom stereocenters. The highest BCUT2D eigenvalue weighted by atomic mass is 35.5. The van der Waals surface area contributed by atoms with Crippen molar-refractivity contribution in [3.05, 3.63) is 58.8 Å². The normalized spacial score (nSPS) is 10.7. The van der Waals surface area contributed by atoms with E-state index in [-0.39, 0.29) is 6.41 Å². The zero-order chi connectivity index (χ0) is 17.3. The van der Waals surface area contributed by atoms with E-state index in [1.165, 1.54) is 5.56 Å². The van der Waals surface area contributed by atoms with Gasteiger partial charge in [0.05, 0.1) is 6.07 Å². The van der Waals surface area contributed by atoms with Gasteiger partial charge in [0, 0.05) is 11.4 Å². The number of primary amides is 1. The van der Waals surface area contributed by atoms with E-state index in [2.05, 4.69) is 30.0 Å². The van der Waals surface area contributed by atoms with Gasteiger partial charge in [0.15, 0.2) is 0 Å². The van der Waals surface area contributed by atoms with Crippen molar-refractivity contribution in [3.8, 4) is 6.07 Å². The number of aryl methyl sites for hydroxylation is 1. The van der Waals surface area contributed by atoms with Crippen LogP contribution in [0.15, 0.2) is 48.2 Å². The number of nitrogens with zero attached hydrogens (tertiary/aromatic N) is 1. The van der Waals surface area contributed by atoms with Crippen LogP contribution in [0.5, 0.6) is 0 Å². The summed E-state index contributed by atoms with van der Waals surface area (Å²) in [6.45, 7) is 0. The molecule has 0 heterocycles. The van der Waals surface area contributed by atoms with E-state index in [1.807, 2.05) is 18.2 Å². The number of unbranched alkanes of at least 4 members (excludes halogenated alkanes) is 2. The Balaban J connectivity index is 0.00000149. The van der Waals surface area contributed by atoms with Gasteiger partial charge in [-0.05, 0) is 55.5 Å². The van der Waals surface area contributed by atoms with Crippen molar-refractivity contribution in [1.82, 2.24) is 0 Å². The largest absolute Gasteiger partial charge is 0.404 e. The van der Waals surface area contributed by atoms with Crippen LogP contribution in [-0.4, -0.2) is 6.41 Å². The lowest BCUT2D eigenvalue weighted by molar-refractivity contribution is -0.106. The van der Waals surface area contributed by atoms with Gasteiger partial charge in [-0.25, -0.2) is 0 Å². The fraction of sp³-hybridized carbons (Fsp3) is 0.333. The van der Waals surface area contributed by atoms with Gasteiger partial charge in [-0.1, -0.05) is 42.0 Å². The summed E-state index contributed by atoms with van der Waals surface area (Å²) in [5.41, 5.74) is 12.1. The summed E-state index contributed by atoms with van der Waals surface area (Å²) < 4.78 is 0. The molecule has 0 saturated heterocycles. The topological polar surface area (TPSA) is 92.9 Å². The summed E-state index contributed by atoms with van der Waals surface area (Å²) in [5, 5.41) is 9.30. The molecule has 0 aromatic heterocycles. The van der Waals surface area contributed by atoms with E-state index in [9.17, 15) is 0 Å². The molecule has 1 aromatic carbocycles. The molecule has 0 radical (unpaired) electrons. The van der Waals surface area contributed by atoms with E-state index < -0.39 is 0 Å². The smallest absolute Gasteiger partial charge is 0.204 e. The number of halogens is 1. The zero-order valence-corrected chi connectivity index (χ0v) is 14.0. The number of allylic oxidation sites excluding steroid dienone is 3. The summed E-state index contributed by atoms with van der Waals surface area (Å²) in [6.07, 6.45) is 11.5. The molecule has 0 bridgehead atoms. The Bertz CT molecular complexity index is 547. The first kappa shape index (κ1) is 20.8. The SMILES string of the molecule is N#CCCCCC(/C=C\CCc1ccccc1Cl)=C/N.NC=O. The molecule has 1 aromatic rings. The molecule has 4 N–H and O–H groups in total. The third-order valence-electron chi connectivity index (χ3n) is 3.09. The van der Waals surface area contributed by atoms with Crippen LogP contribution in [0.25, 0.3) is 0 Å². The molecule has 124 valence electrons. The summed E-state index contributed by atoms with van der Waals surface area (Å²) >= 11 is 6.11. The highest BCUT2D eigenvalue weighted by Crippen LogP contribution is 2.17. The molecule has 0 aliphatic heterocycles. The fourth-order valence-electron chi connectivity index (χ4n) is 1.93. The standard InChI is InChI=1S/C17H21ClN2.CH3NO/c18-17-12-6-5-11-16(17)10-4-3-9-15(14-20)8-2-1-7-13-19;2-1-3/h3,5-6,9,11-12,14H,1-2,4,7-8,10,20H2;1H,(H2,2,3)/b9-3-,15-14-;. The highest BCUT2D eigenvalue weighted by molar-refractivity contribution is 6.31. The lowest BCUT2D eigenvalue weighted by Gasteiger charge is -2.02. The van der Waals surface area contributed by atoms with Gasteiger partial charge in [-0.3, -0.25) is 4.79 Å². The Labute approximate surface area is 143 Å². The van der Waals surface area contributed by atoms with Gasteiger partial charge in [-0.15, -0.1) is 0 Å². The number of nitrogens with two attached hydrogens (primary N) is 2. The quantitative estimate of drug-likeness (QED) is 0.429. The molecule has 1 rings (SSSR count). The average molecular weight is 334 g/mol. The van der Waals surface area contributed by atoms with Gasteiger partial charge in [0.2, 0.25) is 6.41 Å². The number of carbonyl (C=O) groups is 1. The van der Waals surface area contributed by atoms with Crippen LogP contribution in [0.3, 0.4) is 0 Å². The van der Waals surface area contributed by atoms with Crippen LogP contribution in [0.2, 0.25) is 5.02 Å². The number of rotatable bonds is 8. The molecule has 5 heteroatoms. The average Bonchev–Trinajstić information content (AvgIpc) is 2.55. The highest BCUT2D eigenvalue weighted by Gasteiger charge is 1.97. The molecule has 0 aliphatic rings. The Morgan fingerprint density at radius 3 is 2.57 bits per heavy atom. The van der Waals surface area contributed by atoms with Gasteiger partial charge in [-0.2, -0.15) is 5.26 Å². The second-order valence-electron chi connectivity index (χ2n) is 4.78. The Morgan fingerprint density at radius 2 is 1.96 bits per heavy atom. The first-order chi connectivity index (χ1) is 11.2. The van der Waals surface area contributed by atoms with Crippen molar-refractivity contribution in [2.45, 2.75) is 38.5 Å². The van der Waals surface area contributed by atoms with E-state index in [1.54, 1.807) is 6.20 Å². The van der Waals surface area contributed by atoms with Gasteiger partial charge in [0.25, 0.3) is 0 Å². The summed E-state index contributed by atoms with van der Waals surface area (Å²) in [4.78, 5) is 8.58. The molecule has 4 nitrogen and oxygen atoms in total. The molecule has 23 heavy (non-hydrogen) atoms. The van der Waals surface area contributed by atoms with E-state index in [0.717, 1.165) is 42.7 Å². The number of benzene rings is 1. The summed E-state index contributed by atoms with van der Waals surface area (Å²) in [5.74, 6) is 0. The molecular formula is C18H24ClN3O. The first-order valence-corrected chi connectivity index (χ1v) is 7.90. The third kappa shape index (κ3) is 11.0. The molecule has 1 amide bonds. The maximum Gasteiger partial charge on any atom is 0.204 e. The van der Waals surface area contributed by atoms with Crippen molar-refractivity contribution < 1.29 is 4.79 Å². The molecule has 0 aliphatic carbocycles. The van der Waals surface area contributed by atoms with Crippen LogP contribution in [0, 0.1) is 11.3 Å². The summed E-state index contributed by atoms with van der Waals surface area (Å²) in [6, 6.07) is 10.1. The predicted octanol–water partition coefficient (Wildman–Crippen LogP) is 3.86. The lowest BCUT2D eigenvalue weighted by atomic mass is 10.1. The number of nitriles is 1. The lowest BCUT2D eigenvalue weighted by Crippen LogP contribution is -1.88. The first-order valence-electron chi connectivity index (χ1n) is 7.52.